The molecule has 1 N–H and O–H groups in total. The Bertz CT molecular complexity index is 271. The van der Waals surface area contributed by atoms with E-state index in [-0.39, 0.29) is 11.4 Å². The first kappa shape index (κ1) is 11.3. The molecule has 1 aromatic rings. The molecule has 0 amide bonds. The van der Waals surface area contributed by atoms with Crippen molar-refractivity contribution in [2.45, 2.75) is 29.6 Å². The van der Waals surface area contributed by atoms with E-state index in [1.54, 1.807) is 17.8 Å². The smallest absolute Gasteiger partial charge is 0.0693 e. The molecule has 2 heteroatoms. The zero-order valence-corrected chi connectivity index (χ0v) is 9.20. The average molecular weight is 208 g/mol. The van der Waals surface area contributed by atoms with Crippen molar-refractivity contribution < 1.29 is 5.11 Å². The topological polar surface area (TPSA) is 20.2 Å². The Labute approximate surface area is 89.8 Å². The van der Waals surface area contributed by atoms with Gasteiger partial charge in [-0.2, -0.15) is 0 Å². The molecule has 0 aliphatic rings. The van der Waals surface area contributed by atoms with E-state index in [9.17, 15) is 5.11 Å². The molecule has 1 aromatic carbocycles. The first-order valence-corrected chi connectivity index (χ1v) is 5.62. The van der Waals surface area contributed by atoms with Crippen LogP contribution in [0.3, 0.4) is 0 Å². The normalized spacial score (nSPS) is 14.7. The quantitative estimate of drug-likeness (QED) is 0.592. The van der Waals surface area contributed by atoms with E-state index in [1.165, 1.54) is 4.90 Å². The van der Waals surface area contributed by atoms with E-state index >= 15 is 0 Å². The van der Waals surface area contributed by atoms with Crippen LogP contribution in [-0.4, -0.2) is 16.5 Å². The molecule has 76 valence electrons. The number of rotatable bonds is 5. The van der Waals surface area contributed by atoms with Gasteiger partial charge in [-0.15, -0.1) is 18.3 Å². The number of thioether (sulfide) groups is 1. The minimum atomic E-state index is -0.308. The van der Waals surface area contributed by atoms with Crippen molar-refractivity contribution in [2.75, 3.05) is 0 Å². The maximum Gasteiger partial charge on any atom is 0.0693 e. The van der Waals surface area contributed by atoms with E-state index in [4.69, 9.17) is 0 Å². The van der Waals surface area contributed by atoms with E-state index < -0.39 is 0 Å². The molecular weight excluding hydrogens is 192 g/mol. The molecule has 0 spiro atoms. The Kier molecular flexibility index (Phi) is 4.77. The van der Waals surface area contributed by atoms with Crippen LogP contribution >= 0.6 is 11.8 Å². The van der Waals surface area contributed by atoms with E-state index in [0.717, 1.165) is 0 Å². The molecular formula is C12H16OS. The molecule has 0 aliphatic heterocycles. The number of aliphatic hydroxyl groups excluding tert-OH is 1. The summed E-state index contributed by atoms with van der Waals surface area (Å²) in [5, 5.41) is 9.89. The predicted octanol–water partition coefficient (Wildman–Crippen LogP) is 3.10. The molecule has 2 atom stereocenters. The molecule has 1 nitrogen and oxygen atoms in total. The van der Waals surface area contributed by atoms with Crippen LogP contribution in [-0.2, 0) is 0 Å². The van der Waals surface area contributed by atoms with Gasteiger partial charge in [0.15, 0.2) is 0 Å². The van der Waals surface area contributed by atoms with Crippen LogP contribution in [0.2, 0.25) is 0 Å². The lowest BCUT2D eigenvalue weighted by Crippen LogP contribution is -2.18. The molecule has 0 saturated heterocycles. The lowest BCUT2D eigenvalue weighted by Gasteiger charge is -2.16. The molecule has 0 fully saturated rings. The van der Waals surface area contributed by atoms with Gasteiger partial charge in [-0.05, 0) is 18.6 Å². The van der Waals surface area contributed by atoms with Gasteiger partial charge in [0.2, 0.25) is 0 Å². The Morgan fingerprint density at radius 3 is 2.64 bits per heavy atom. The third-order valence-electron chi connectivity index (χ3n) is 2.02. The standard InChI is InChI=1S/C12H16OS/c1-3-7-12(13)10(2)14-11-8-5-4-6-9-11/h3-6,8-10,12-13H,1,7H2,2H3/t10-,12-/m1/s1. The van der Waals surface area contributed by atoms with Crippen molar-refractivity contribution in [3.05, 3.63) is 43.0 Å². The fourth-order valence-electron chi connectivity index (χ4n) is 1.15. The van der Waals surface area contributed by atoms with Crippen LogP contribution in [0.15, 0.2) is 47.9 Å². The minimum Gasteiger partial charge on any atom is -0.392 e. The van der Waals surface area contributed by atoms with Crippen LogP contribution in [0.25, 0.3) is 0 Å². The summed E-state index contributed by atoms with van der Waals surface area (Å²) in [4.78, 5) is 1.20. The first-order chi connectivity index (χ1) is 6.74. The van der Waals surface area contributed by atoms with Crippen molar-refractivity contribution in [2.24, 2.45) is 0 Å². The molecule has 0 aliphatic carbocycles. The summed E-state index contributed by atoms with van der Waals surface area (Å²) in [5.74, 6) is 0. The summed E-state index contributed by atoms with van der Waals surface area (Å²) in [6.45, 7) is 5.65. The highest BCUT2D eigenvalue weighted by Crippen LogP contribution is 2.25. The molecule has 0 saturated carbocycles. The van der Waals surface area contributed by atoms with Gasteiger partial charge >= 0.3 is 0 Å². The summed E-state index contributed by atoms with van der Waals surface area (Å²) in [7, 11) is 0. The molecule has 0 unspecified atom stereocenters. The monoisotopic (exact) mass is 208 g/mol. The van der Waals surface area contributed by atoms with Crippen molar-refractivity contribution in [3.63, 3.8) is 0 Å². The molecule has 0 aromatic heterocycles. The largest absolute Gasteiger partial charge is 0.392 e. The van der Waals surface area contributed by atoms with Gasteiger partial charge in [-0.25, -0.2) is 0 Å². The molecule has 14 heavy (non-hydrogen) atoms. The second-order valence-electron chi connectivity index (χ2n) is 3.23. The lowest BCUT2D eigenvalue weighted by atomic mass is 10.2. The van der Waals surface area contributed by atoms with Crippen molar-refractivity contribution in [1.82, 2.24) is 0 Å². The van der Waals surface area contributed by atoms with E-state index in [1.807, 2.05) is 25.1 Å². The van der Waals surface area contributed by atoms with Gasteiger partial charge < -0.3 is 5.11 Å². The highest BCUT2D eigenvalue weighted by Gasteiger charge is 2.13. The third kappa shape index (κ3) is 3.56. The van der Waals surface area contributed by atoms with Gasteiger partial charge in [0.05, 0.1) is 6.10 Å². The maximum atomic E-state index is 9.69. The zero-order valence-electron chi connectivity index (χ0n) is 8.39. The van der Waals surface area contributed by atoms with Crippen LogP contribution in [0.5, 0.6) is 0 Å². The molecule has 0 heterocycles. The maximum absolute atomic E-state index is 9.69. The Morgan fingerprint density at radius 2 is 2.07 bits per heavy atom. The highest BCUT2D eigenvalue weighted by atomic mass is 32.2. The second kappa shape index (κ2) is 5.89. The summed E-state index contributed by atoms with van der Waals surface area (Å²) in [5.41, 5.74) is 0. The third-order valence-corrected chi connectivity index (χ3v) is 3.25. The number of benzene rings is 1. The van der Waals surface area contributed by atoms with Crippen molar-refractivity contribution in [1.29, 1.82) is 0 Å². The van der Waals surface area contributed by atoms with Gasteiger partial charge in [0, 0.05) is 10.1 Å². The van der Waals surface area contributed by atoms with Gasteiger partial charge in [-0.3, -0.25) is 0 Å². The summed E-state index contributed by atoms with van der Waals surface area (Å²) < 4.78 is 0. The van der Waals surface area contributed by atoms with Crippen LogP contribution in [0.1, 0.15) is 13.3 Å². The molecule has 0 bridgehead atoms. The van der Waals surface area contributed by atoms with Crippen molar-refractivity contribution in [3.8, 4) is 0 Å². The number of hydrogen-bond acceptors (Lipinski definition) is 2. The summed E-state index contributed by atoms with van der Waals surface area (Å²) in [6, 6.07) is 10.1. The van der Waals surface area contributed by atoms with Gasteiger partial charge in [-0.1, -0.05) is 31.2 Å². The Morgan fingerprint density at radius 1 is 1.43 bits per heavy atom. The van der Waals surface area contributed by atoms with Gasteiger partial charge in [0.1, 0.15) is 0 Å². The Balaban J connectivity index is 2.48. The van der Waals surface area contributed by atoms with Crippen molar-refractivity contribution >= 4 is 11.8 Å². The average Bonchev–Trinajstić information content (AvgIpc) is 2.19. The van der Waals surface area contributed by atoms with Crippen LogP contribution in [0, 0.1) is 0 Å². The lowest BCUT2D eigenvalue weighted by molar-refractivity contribution is 0.179. The first-order valence-electron chi connectivity index (χ1n) is 4.74. The van der Waals surface area contributed by atoms with Gasteiger partial charge in [0.25, 0.3) is 0 Å². The summed E-state index contributed by atoms with van der Waals surface area (Å²) in [6.07, 6.45) is 2.10. The van der Waals surface area contributed by atoms with E-state index in [2.05, 4.69) is 18.7 Å². The minimum absolute atomic E-state index is 0.204. The summed E-state index contributed by atoms with van der Waals surface area (Å²) >= 11 is 1.69. The number of aliphatic hydroxyl groups is 1. The Hall–Kier alpha value is -0.730. The van der Waals surface area contributed by atoms with E-state index in [0.29, 0.717) is 6.42 Å². The zero-order chi connectivity index (χ0) is 10.4. The predicted molar refractivity (Wildman–Crippen MR) is 62.6 cm³/mol. The fourth-order valence-corrected chi connectivity index (χ4v) is 2.17. The second-order valence-corrected chi connectivity index (χ2v) is 4.68. The molecule has 1 rings (SSSR count). The highest BCUT2D eigenvalue weighted by molar-refractivity contribution is 8.00. The van der Waals surface area contributed by atoms with Crippen LogP contribution in [0.4, 0.5) is 0 Å². The SMILES string of the molecule is C=CC[C@@H](O)[C@@H](C)Sc1ccccc1. The molecule has 0 radical (unpaired) electrons. The van der Waals surface area contributed by atoms with Crippen LogP contribution < -0.4 is 0 Å². The number of hydrogen-bond donors (Lipinski definition) is 1. The fraction of sp³-hybridized carbons (Fsp3) is 0.333.